The highest BCUT2D eigenvalue weighted by Crippen LogP contribution is 2.44. The van der Waals surface area contributed by atoms with Gasteiger partial charge in [-0.25, -0.2) is 0 Å². The van der Waals surface area contributed by atoms with Gasteiger partial charge in [0, 0.05) is 24.2 Å². The molecule has 2 aliphatic rings. The van der Waals surface area contributed by atoms with Crippen LogP contribution in [0.25, 0.3) is 0 Å². The maximum atomic E-state index is 13.7. The molecule has 2 aromatic rings. The Balaban J connectivity index is 1.51. The van der Waals surface area contributed by atoms with Gasteiger partial charge in [0.25, 0.3) is 11.8 Å². The number of benzene rings is 2. The number of hydrogen-bond acceptors (Lipinski definition) is 3. The summed E-state index contributed by atoms with van der Waals surface area (Å²) >= 11 is 0. The summed E-state index contributed by atoms with van der Waals surface area (Å²) in [6.07, 6.45) is 3.97. The van der Waals surface area contributed by atoms with Crippen molar-refractivity contribution < 1.29 is 22.8 Å². The molecule has 1 aliphatic carbocycles. The van der Waals surface area contributed by atoms with Gasteiger partial charge in [0.1, 0.15) is 11.4 Å². The van der Waals surface area contributed by atoms with Crippen molar-refractivity contribution in [2.45, 2.75) is 71.1 Å². The Morgan fingerprint density at radius 3 is 2.48 bits per heavy atom. The average Bonchev–Trinajstić information content (AvgIpc) is 3.20. The van der Waals surface area contributed by atoms with Crippen LogP contribution in [0.1, 0.15) is 79.9 Å². The summed E-state index contributed by atoms with van der Waals surface area (Å²) < 4.78 is 40.2. The molecule has 8 heteroatoms. The Hall–Kier alpha value is -3.42. The fourth-order valence-electron chi connectivity index (χ4n) is 5.73. The number of nitrogens with one attached hydrogen (secondary N) is 1. The van der Waals surface area contributed by atoms with Crippen LogP contribution < -0.4 is 5.32 Å². The Kier molecular flexibility index (Phi) is 9.16. The third kappa shape index (κ3) is 6.65. The van der Waals surface area contributed by atoms with E-state index in [4.69, 9.17) is 4.99 Å². The highest BCUT2D eigenvalue weighted by atomic mass is 19.4. The van der Waals surface area contributed by atoms with E-state index < -0.39 is 17.4 Å². The molecular weight excluding hydrogens is 515 g/mol. The third-order valence-electron chi connectivity index (χ3n) is 8.18. The van der Waals surface area contributed by atoms with Crippen LogP contribution in [0.5, 0.6) is 0 Å². The van der Waals surface area contributed by atoms with Crippen molar-refractivity contribution >= 4 is 17.5 Å². The van der Waals surface area contributed by atoms with Gasteiger partial charge in [-0.15, -0.1) is 0 Å². The highest BCUT2D eigenvalue weighted by molar-refractivity contribution is 6.46. The van der Waals surface area contributed by atoms with Crippen molar-refractivity contribution in [1.29, 1.82) is 0 Å². The van der Waals surface area contributed by atoms with Crippen molar-refractivity contribution in [1.82, 2.24) is 10.2 Å². The van der Waals surface area contributed by atoms with E-state index in [2.05, 4.69) is 19.2 Å². The van der Waals surface area contributed by atoms with Gasteiger partial charge in [0.15, 0.2) is 0 Å². The maximum absolute atomic E-state index is 13.7. The quantitative estimate of drug-likeness (QED) is 0.274. The summed E-state index contributed by atoms with van der Waals surface area (Å²) in [5.74, 6) is 0.603. The van der Waals surface area contributed by atoms with Crippen LogP contribution in [0.4, 0.5) is 13.2 Å². The van der Waals surface area contributed by atoms with Gasteiger partial charge < -0.3 is 10.2 Å². The van der Waals surface area contributed by atoms with Crippen LogP contribution in [0, 0.1) is 11.8 Å². The molecule has 1 N–H and O–H groups in total. The van der Waals surface area contributed by atoms with Crippen molar-refractivity contribution in [3.8, 4) is 0 Å². The highest BCUT2D eigenvalue weighted by Gasteiger charge is 2.49. The molecule has 5 nitrogen and oxygen atoms in total. The van der Waals surface area contributed by atoms with E-state index in [0.717, 1.165) is 37.0 Å². The number of amides is 2. The molecule has 1 aliphatic heterocycles. The molecular formula is C32H38F3N3O2. The summed E-state index contributed by atoms with van der Waals surface area (Å²) in [6.45, 7) is 7.29. The first-order chi connectivity index (χ1) is 19.0. The third-order valence-corrected chi connectivity index (χ3v) is 8.18. The summed E-state index contributed by atoms with van der Waals surface area (Å²) in [5.41, 5.74) is 0.328. The number of hydrogen-bond donors (Lipinski definition) is 1. The predicted molar refractivity (Wildman–Crippen MR) is 151 cm³/mol. The molecule has 40 heavy (non-hydrogen) atoms. The lowest BCUT2D eigenvalue weighted by Gasteiger charge is -2.42. The average molecular weight is 554 g/mol. The second kappa shape index (κ2) is 12.4. The van der Waals surface area contributed by atoms with Gasteiger partial charge in [0.2, 0.25) is 0 Å². The van der Waals surface area contributed by atoms with Gasteiger partial charge in [-0.2, -0.15) is 13.2 Å². The molecule has 0 aromatic heterocycles. The molecule has 0 saturated heterocycles. The number of carbonyl (C=O) groups excluding carboxylic acids is 2. The number of aliphatic imine (C=N–C) groups is 1. The van der Waals surface area contributed by atoms with E-state index >= 15 is 0 Å². The minimum atomic E-state index is -4.50. The predicted octanol–water partition coefficient (Wildman–Crippen LogP) is 6.82. The maximum Gasteiger partial charge on any atom is 0.416 e. The Labute approximate surface area is 234 Å². The zero-order valence-corrected chi connectivity index (χ0v) is 23.4. The normalized spacial score (nSPS) is 21.5. The molecule has 2 aromatic carbocycles. The van der Waals surface area contributed by atoms with Crippen molar-refractivity contribution in [2.24, 2.45) is 16.8 Å². The van der Waals surface area contributed by atoms with Gasteiger partial charge in [-0.05, 0) is 87.1 Å². The Morgan fingerprint density at radius 2 is 1.85 bits per heavy atom. The molecule has 0 atom stereocenters. The topological polar surface area (TPSA) is 61.8 Å². The van der Waals surface area contributed by atoms with Crippen LogP contribution in [0.2, 0.25) is 0 Å². The van der Waals surface area contributed by atoms with E-state index in [1.54, 1.807) is 17.0 Å². The fraction of sp³-hybridized carbons (Fsp3) is 0.469. The van der Waals surface area contributed by atoms with Gasteiger partial charge in [0.05, 0.1) is 5.56 Å². The lowest BCUT2D eigenvalue weighted by molar-refractivity contribution is -0.137. The number of rotatable bonds is 9. The monoisotopic (exact) mass is 553 g/mol. The molecule has 1 saturated carbocycles. The second-order valence-electron chi connectivity index (χ2n) is 11.1. The summed E-state index contributed by atoms with van der Waals surface area (Å²) in [7, 11) is 0. The second-order valence-corrected chi connectivity index (χ2v) is 11.1. The number of nitrogens with zero attached hydrogens (tertiary/aromatic N) is 2. The number of carbonyl (C=O) groups is 2. The van der Waals surface area contributed by atoms with Crippen molar-refractivity contribution in [2.75, 3.05) is 13.1 Å². The molecule has 0 bridgehead atoms. The molecule has 2 amide bonds. The standard InChI is InChI=1S/C32H38F3N3O2/c1-4-5-6-19-36-29(39)25-12-10-23(11-13-25)16-20-38-30(40)28(26-8-7-9-27(21-26)32(33,34)35)37-31(38)17-14-24(15-18-31)22(2)3/h4-5,7-13,21-22,24H,6,14-20H2,1-3H3,(H,36,39). The first-order valence-electron chi connectivity index (χ1n) is 14.1. The number of halogens is 3. The largest absolute Gasteiger partial charge is 0.416 e. The number of allylic oxidation sites excluding steroid dienone is 1. The fourth-order valence-corrected chi connectivity index (χ4v) is 5.73. The minimum absolute atomic E-state index is 0.110. The zero-order chi connectivity index (χ0) is 28.9. The smallest absolute Gasteiger partial charge is 0.352 e. The summed E-state index contributed by atoms with van der Waals surface area (Å²) in [6, 6.07) is 12.2. The van der Waals surface area contributed by atoms with Crippen LogP contribution in [-0.2, 0) is 17.4 Å². The van der Waals surface area contributed by atoms with E-state index in [0.29, 0.717) is 49.8 Å². The van der Waals surface area contributed by atoms with E-state index in [1.165, 1.54) is 12.1 Å². The SMILES string of the molecule is CC=CCCNC(=O)c1ccc(CCN2C(=O)C(c3cccc(C(F)(F)F)c3)=NC23CCC(C(C)C)CC3)cc1. The summed E-state index contributed by atoms with van der Waals surface area (Å²) in [5, 5.41) is 2.89. The number of alkyl halides is 3. The minimum Gasteiger partial charge on any atom is -0.352 e. The van der Waals surface area contributed by atoms with Crippen LogP contribution in [0.3, 0.4) is 0 Å². The zero-order valence-electron chi connectivity index (χ0n) is 23.4. The Morgan fingerprint density at radius 1 is 1.15 bits per heavy atom. The Bertz CT molecular complexity index is 1260. The molecule has 214 valence electrons. The van der Waals surface area contributed by atoms with Crippen LogP contribution >= 0.6 is 0 Å². The lowest BCUT2D eigenvalue weighted by Crippen LogP contribution is -2.50. The van der Waals surface area contributed by atoms with Gasteiger partial charge in [-0.3, -0.25) is 14.6 Å². The van der Waals surface area contributed by atoms with Gasteiger partial charge in [-0.1, -0.05) is 50.3 Å². The van der Waals surface area contributed by atoms with E-state index in [-0.39, 0.29) is 23.1 Å². The van der Waals surface area contributed by atoms with Gasteiger partial charge >= 0.3 is 6.18 Å². The van der Waals surface area contributed by atoms with Crippen molar-refractivity contribution in [3.05, 3.63) is 82.9 Å². The first-order valence-corrected chi connectivity index (χ1v) is 14.1. The molecule has 1 fully saturated rings. The van der Waals surface area contributed by atoms with Crippen LogP contribution in [0.15, 0.2) is 65.7 Å². The lowest BCUT2D eigenvalue weighted by atomic mass is 9.76. The summed E-state index contributed by atoms with van der Waals surface area (Å²) in [4.78, 5) is 32.8. The van der Waals surface area contributed by atoms with E-state index in [9.17, 15) is 22.8 Å². The van der Waals surface area contributed by atoms with Crippen LogP contribution in [-0.4, -0.2) is 41.2 Å². The molecule has 0 radical (unpaired) electrons. The molecule has 0 unspecified atom stereocenters. The molecule has 4 rings (SSSR count). The van der Waals surface area contributed by atoms with Crippen molar-refractivity contribution in [3.63, 3.8) is 0 Å². The first kappa shape index (κ1) is 29.6. The van der Waals surface area contributed by atoms with E-state index in [1.807, 2.05) is 31.2 Å². The molecule has 1 spiro atoms. The molecule has 1 heterocycles.